The summed E-state index contributed by atoms with van der Waals surface area (Å²) in [6, 6.07) is 10.6. The molecule has 0 aliphatic rings. The Hall–Kier alpha value is -3.22. The molecule has 0 spiro atoms. The number of ether oxygens (including phenoxy) is 1. The van der Waals surface area contributed by atoms with E-state index in [1.54, 1.807) is 31.2 Å². The molecule has 1 amide bonds. The Labute approximate surface area is 132 Å². The van der Waals surface area contributed by atoms with Gasteiger partial charge in [0.15, 0.2) is 0 Å². The molecule has 0 fully saturated rings. The van der Waals surface area contributed by atoms with Crippen molar-refractivity contribution >= 4 is 23.3 Å². The minimum Gasteiger partial charge on any atom is -0.426 e. The van der Waals surface area contributed by atoms with Gasteiger partial charge in [0.1, 0.15) is 5.75 Å². The maximum atomic E-state index is 12.3. The minimum atomic E-state index is -0.545. The monoisotopic (exact) mass is 314 g/mol. The number of rotatable bonds is 4. The quantitative estimate of drug-likeness (QED) is 0.404. The number of benzene rings is 2. The summed E-state index contributed by atoms with van der Waals surface area (Å²) in [6.07, 6.45) is 0. The number of nitrogens with zero attached hydrogens (tertiary/aromatic N) is 1. The van der Waals surface area contributed by atoms with Crippen LogP contribution in [0.1, 0.15) is 22.8 Å². The zero-order valence-electron chi connectivity index (χ0n) is 12.5. The fourth-order valence-corrected chi connectivity index (χ4v) is 1.98. The summed E-state index contributed by atoms with van der Waals surface area (Å²) >= 11 is 0. The number of nitro groups is 1. The Kier molecular flexibility index (Phi) is 4.70. The minimum absolute atomic E-state index is 0.0870. The van der Waals surface area contributed by atoms with Crippen LogP contribution in [0.15, 0.2) is 42.5 Å². The summed E-state index contributed by atoms with van der Waals surface area (Å²) in [4.78, 5) is 33.8. The lowest BCUT2D eigenvalue weighted by Crippen LogP contribution is -2.15. The molecular weight excluding hydrogens is 300 g/mol. The van der Waals surface area contributed by atoms with E-state index >= 15 is 0 Å². The predicted octanol–water partition coefficient (Wildman–Crippen LogP) is 3.08. The number of hydrogen-bond donors (Lipinski definition) is 1. The molecule has 0 radical (unpaired) electrons. The summed E-state index contributed by atoms with van der Waals surface area (Å²) in [5, 5.41) is 13.5. The van der Waals surface area contributed by atoms with Crippen molar-refractivity contribution in [3.8, 4) is 5.75 Å². The van der Waals surface area contributed by atoms with Gasteiger partial charge in [0.2, 0.25) is 0 Å². The van der Waals surface area contributed by atoms with Gasteiger partial charge < -0.3 is 10.1 Å². The summed E-state index contributed by atoms with van der Waals surface area (Å²) < 4.78 is 4.98. The number of hydrogen-bond acceptors (Lipinski definition) is 5. The van der Waals surface area contributed by atoms with Crippen LogP contribution in [0.25, 0.3) is 0 Å². The molecule has 0 aliphatic heterocycles. The van der Waals surface area contributed by atoms with Crippen molar-refractivity contribution in [2.24, 2.45) is 0 Å². The van der Waals surface area contributed by atoms with Gasteiger partial charge in [-0.3, -0.25) is 19.7 Å². The van der Waals surface area contributed by atoms with Crippen LogP contribution in [-0.2, 0) is 4.79 Å². The molecule has 7 nitrogen and oxygen atoms in total. The Balaban J connectivity index is 2.28. The molecule has 2 rings (SSSR count). The van der Waals surface area contributed by atoms with Gasteiger partial charge >= 0.3 is 5.97 Å². The molecule has 23 heavy (non-hydrogen) atoms. The van der Waals surface area contributed by atoms with Crippen molar-refractivity contribution in [2.45, 2.75) is 13.8 Å². The molecule has 0 atom stereocenters. The van der Waals surface area contributed by atoms with Crippen LogP contribution >= 0.6 is 0 Å². The van der Waals surface area contributed by atoms with E-state index in [9.17, 15) is 19.7 Å². The molecule has 2 aromatic rings. The molecular formula is C16H14N2O5. The first-order valence-electron chi connectivity index (χ1n) is 6.72. The Bertz CT molecular complexity index is 786. The van der Waals surface area contributed by atoms with Gasteiger partial charge in [-0.25, -0.2) is 0 Å². The highest BCUT2D eigenvalue weighted by Gasteiger charge is 2.16. The summed E-state index contributed by atoms with van der Waals surface area (Å²) in [6.45, 7) is 2.84. The van der Waals surface area contributed by atoms with E-state index in [0.717, 1.165) is 0 Å². The lowest BCUT2D eigenvalue weighted by atomic mass is 10.1. The first-order chi connectivity index (χ1) is 10.9. The van der Waals surface area contributed by atoms with Gasteiger partial charge in [0.05, 0.1) is 10.5 Å². The van der Waals surface area contributed by atoms with Gasteiger partial charge in [0, 0.05) is 24.2 Å². The molecule has 0 aliphatic carbocycles. The van der Waals surface area contributed by atoms with Crippen LogP contribution in [0.3, 0.4) is 0 Å². The summed E-state index contributed by atoms with van der Waals surface area (Å²) in [5.41, 5.74) is 0.847. The third kappa shape index (κ3) is 3.91. The van der Waals surface area contributed by atoms with Gasteiger partial charge in [-0.05, 0) is 25.1 Å². The fraction of sp³-hybridized carbons (Fsp3) is 0.125. The first kappa shape index (κ1) is 16.2. The normalized spacial score (nSPS) is 10.0. The van der Waals surface area contributed by atoms with E-state index in [2.05, 4.69) is 5.32 Å². The molecule has 0 heterocycles. The van der Waals surface area contributed by atoms with Gasteiger partial charge in [-0.15, -0.1) is 0 Å². The van der Waals surface area contributed by atoms with E-state index in [0.29, 0.717) is 5.56 Å². The van der Waals surface area contributed by atoms with Crippen LogP contribution < -0.4 is 10.1 Å². The summed E-state index contributed by atoms with van der Waals surface area (Å²) in [5.74, 6) is -0.949. The van der Waals surface area contributed by atoms with Gasteiger partial charge in [-0.2, -0.15) is 0 Å². The zero-order valence-corrected chi connectivity index (χ0v) is 12.5. The van der Waals surface area contributed by atoms with Gasteiger partial charge in [-0.1, -0.05) is 18.2 Å². The number of carbonyl (C=O) groups excluding carboxylic acids is 2. The largest absolute Gasteiger partial charge is 0.426 e. The molecule has 0 unspecified atom stereocenters. The van der Waals surface area contributed by atoms with Crippen LogP contribution in [-0.4, -0.2) is 16.8 Å². The van der Waals surface area contributed by atoms with Crippen LogP contribution in [0.4, 0.5) is 11.4 Å². The number of amides is 1. The molecule has 0 saturated carbocycles. The molecule has 7 heteroatoms. The molecule has 1 N–H and O–H groups in total. The molecule has 0 aromatic heterocycles. The summed E-state index contributed by atoms with van der Waals surface area (Å²) in [7, 11) is 0. The van der Waals surface area contributed by atoms with E-state index in [1.807, 2.05) is 0 Å². The van der Waals surface area contributed by atoms with E-state index in [1.165, 1.54) is 25.1 Å². The average molecular weight is 314 g/mol. The SMILES string of the molecule is CC(=O)Oc1ccccc1C(=O)Nc1ccc(C)c([N+](=O)[O-])c1. The van der Waals surface area contributed by atoms with Crippen LogP contribution in [0, 0.1) is 17.0 Å². The van der Waals surface area contributed by atoms with Crippen molar-refractivity contribution in [2.75, 3.05) is 5.32 Å². The Morgan fingerprint density at radius 2 is 1.87 bits per heavy atom. The number of aryl methyl sites for hydroxylation is 1. The predicted molar refractivity (Wildman–Crippen MR) is 83.5 cm³/mol. The molecule has 118 valence electrons. The third-order valence-corrected chi connectivity index (χ3v) is 3.05. The van der Waals surface area contributed by atoms with Crippen molar-refractivity contribution in [3.05, 3.63) is 63.7 Å². The fourth-order valence-electron chi connectivity index (χ4n) is 1.98. The number of esters is 1. The number of anilines is 1. The second-order valence-electron chi connectivity index (χ2n) is 4.80. The van der Waals surface area contributed by atoms with Crippen molar-refractivity contribution in [1.29, 1.82) is 0 Å². The number of carbonyl (C=O) groups is 2. The van der Waals surface area contributed by atoms with Crippen molar-refractivity contribution in [3.63, 3.8) is 0 Å². The van der Waals surface area contributed by atoms with E-state index in [4.69, 9.17) is 4.74 Å². The Morgan fingerprint density at radius 3 is 2.52 bits per heavy atom. The highest BCUT2D eigenvalue weighted by molar-refractivity contribution is 6.06. The molecule has 2 aromatic carbocycles. The van der Waals surface area contributed by atoms with Gasteiger partial charge in [0.25, 0.3) is 11.6 Å². The maximum Gasteiger partial charge on any atom is 0.308 e. The maximum absolute atomic E-state index is 12.3. The smallest absolute Gasteiger partial charge is 0.308 e. The third-order valence-electron chi connectivity index (χ3n) is 3.05. The standard InChI is InChI=1S/C16H14N2O5/c1-10-7-8-12(9-14(10)18(21)22)17-16(20)13-5-3-4-6-15(13)23-11(2)19/h3-9H,1-2H3,(H,17,20). The lowest BCUT2D eigenvalue weighted by molar-refractivity contribution is -0.385. The van der Waals surface area contributed by atoms with Crippen LogP contribution in [0.5, 0.6) is 5.75 Å². The number of nitrogens with one attached hydrogen (secondary N) is 1. The molecule has 0 bridgehead atoms. The first-order valence-corrected chi connectivity index (χ1v) is 6.72. The van der Waals surface area contributed by atoms with Crippen molar-refractivity contribution < 1.29 is 19.2 Å². The van der Waals surface area contributed by atoms with E-state index in [-0.39, 0.29) is 22.7 Å². The lowest BCUT2D eigenvalue weighted by Gasteiger charge is -2.10. The Morgan fingerprint density at radius 1 is 1.17 bits per heavy atom. The number of para-hydroxylation sites is 1. The molecule has 0 saturated heterocycles. The average Bonchev–Trinajstić information content (AvgIpc) is 2.48. The second kappa shape index (κ2) is 6.69. The van der Waals surface area contributed by atoms with E-state index < -0.39 is 16.8 Å². The van der Waals surface area contributed by atoms with Crippen LogP contribution in [0.2, 0.25) is 0 Å². The van der Waals surface area contributed by atoms with Crippen molar-refractivity contribution in [1.82, 2.24) is 0 Å². The highest BCUT2D eigenvalue weighted by Crippen LogP contribution is 2.24. The topological polar surface area (TPSA) is 98.5 Å². The second-order valence-corrected chi connectivity index (χ2v) is 4.80. The zero-order chi connectivity index (χ0) is 17.0. The number of nitro benzene ring substituents is 1. The highest BCUT2D eigenvalue weighted by atomic mass is 16.6.